The molecule has 0 saturated carbocycles. The Morgan fingerprint density at radius 3 is 2.75 bits per heavy atom. The molecular formula is C8H8Cl3N. The molecule has 1 rings (SSSR count). The number of rotatable bonds is 0. The van der Waals surface area contributed by atoms with Gasteiger partial charge in [0.05, 0.1) is 5.03 Å². The summed E-state index contributed by atoms with van der Waals surface area (Å²) in [6.07, 6.45) is 4.07. The van der Waals surface area contributed by atoms with Crippen molar-refractivity contribution in [3.8, 4) is 0 Å². The maximum Gasteiger partial charge on any atom is 0.125 e. The summed E-state index contributed by atoms with van der Waals surface area (Å²) in [7, 11) is 0. The summed E-state index contributed by atoms with van der Waals surface area (Å²) in [5, 5.41) is 1.57. The molecule has 12 heavy (non-hydrogen) atoms. The molecule has 0 bridgehead atoms. The first-order chi connectivity index (χ1) is 5.61. The normalized spacial score (nSPS) is 29.3. The Morgan fingerprint density at radius 1 is 1.42 bits per heavy atom. The van der Waals surface area contributed by atoms with E-state index in [9.17, 15) is 0 Å². The predicted octanol–water partition coefficient (Wildman–Crippen LogP) is 3.87. The van der Waals surface area contributed by atoms with E-state index in [1.54, 1.807) is 0 Å². The molecule has 0 aliphatic carbocycles. The van der Waals surface area contributed by atoms with Gasteiger partial charge in [-0.2, -0.15) is 0 Å². The summed E-state index contributed by atoms with van der Waals surface area (Å²) in [4.78, 5) is 3.88. The third-order valence-electron chi connectivity index (χ3n) is 1.60. The van der Waals surface area contributed by atoms with Crippen molar-refractivity contribution in [2.75, 3.05) is 0 Å². The molecule has 0 amide bonds. The fourth-order valence-corrected chi connectivity index (χ4v) is 1.36. The van der Waals surface area contributed by atoms with E-state index < -0.39 is 0 Å². The van der Waals surface area contributed by atoms with Crippen LogP contribution in [0.1, 0.15) is 13.3 Å². The molecule has 0 spiro atoms. The Morgan fingerprint density at radius 2 is 2.08 bits per heavy atom. The average molecular weight is 225 g/mol. The lowest BCUT2D eigenvalue weighted by molar-refractivity contribution is 0.726. The van der Waals surface area contributed by atoms with E-state index in [2.05, 4.69) is 4.99 Å². The minimum absolute atomic E-state index is 0.208. The predicted molar refractivity (Wildman–Crippen MR) is 54.9 cm³/mol. The van der Waals surface area contributed by atoms with Crippen molar-refractivity contribution in [3.05, 3.63) is 21.3 Å². The number of nitrogens with zero attached hydrogens (tertiary/aromatic N) is 1. The van der Waals surface area contributed by atoms with Crippen LogP contribution in [0, 0.1) is 5.92 Å². The van der Waals surface area contributed by atoms with Gasteiger partial charge in [-0.25, -0.2) is 4.99 Å². The molecule has 1 atom stereocenters. The van der Waals surface area contributed by atoms with Gasteiger partial charge in [-0.1, -0.05) is 41.7 Å². The van der Waals surface area contributed by atoms with E-state index in [-0.39, 0.29) is 5.92 Å². The van der Waals surface area contributed by atoms with Crippen molar-refractivity contribution >= 4 is 41.0 Å². The second-order valence-electron chi connectivity index (χ2n) is 2.62. The molecule has 1 aliphatic heterocycles. The zero-order valence-corrected chi connectivity index (χ0v) is 8.79. The summed E-state index contributed by atoms with van der Waals surface area (Å²) < 4.78 is 0. The molecule has 1 heterocycles. The topological polar surface area (TPSA) is 12.4 Å². The summed E-state index contributed by atoms with van der Waals surface area (Å²) >= 11 is 17.5. The van der Waals surface area contributed by atoms with E-state index >= 15 is 0 Å². The zero-order valence-electron chi connectivity index (χ0n) is 6.52. The smallest absolute Gasteiger partial charge is 0.125 e. The SMILES string of the molecule is CC1C/C=C(\Cl)N=CC(Cl)=C1Cl. The Bertz CT molecular complexity index is 265. The highest BCUT2D eigenvalue weighted by molar-refractivity contribution is 6.46. The monoisotopic (exact) mass is 223 g/mol. The number of allylic oxidation sites excluding steroid dienone is 3. The zero-order chi connectivity index (χ0) is 9.14. The van der Waals surface area contributed by atoms with Crippen molar-refractivity contribution in [1.82, 2.24) is 0 Å². The van der Waals surface area contributed by atoms with Gasteiger partial charge in [-0.05, 0) is 18.4 Å². The third kappa shape index (κ3) is 2.51. The molecule has 0 aromatic rings. The molecular weight excluding hydrogens is 216 g/mol. The highest BCUT2D eigenvalue weighted by Gasteiger charge is 2.10. The van der Waals surface area contributed by atoms with Gasteiger partial charge < -0.3 is 0 Å². The molecule has 0 aromatic heterocycles. The van der Waals surface area contributed by atoms with Gasteiger partial charge in [0.1, 0.15) is 5.16 Å². The molecule has 0 N–H and O–H groups in total. The highest BCUT2D eigenvalue weighted by atomic mass is 35.5. The summed E-state index contributed by atoms with van der Waals surface area (Å²) in [5.41, 5.74) is 0. The number of aliphatic imine (C=N–C) groups is 1. The molecule has 1 unspecified atom stereocenters. The van der Waals surface area contributed by atoms with Crippen LogP contribution in [-0.2, 0) is 0 Å². The number of halogens is 3. The van der Waals surface area contributed by atoms with Crippen LogP contribution in [0.25, 0.3) is 0 Å². The van der Waals surface area contributed by atoms with E-state index in [0.717, 1.165) is 6.42 Å². The Hall–Kier alpha value is 0.0200. The lowest BCUT2D eigenvalue weighted by Crippen LogP contribution is -1.97. The van der Waals surface area contributed by atoms with Gasteiger partial charge in [-0.15, -0.1) is 0 Å². The Kier molecular flexibility index (Phi) is 3.63. The Labute approximate surface area is 86.7 Å². The molecule has 1 nitrogen and oxygen atoms in total. The lowest BCUT2D eigenvalue weighted by Gasteiger charge is -2.10. The van der Waals surface area contributed by atoms with Crippen LogP contribution < -0.4 is 0 Å². The maximum atomic E-state index is 5.93. The fraction of sp³-hybridized carbons (Fsp3) is 0.375. The van der Waals surface area contributed by atoms with Crippen LogP contribution in [0.3, 0.4) is 0 Å². The fourth-order valence-electron chi connectivity index (χ4n) is 0.846. The highest BCUT2D eigenvalue weighted by Crippen LogP contribution is 2.27. The first-order valence-corrected chi connectivity index (χ1v) is 4.69. The van der Waals surface area contributed by atoms with E-state index in [1.807, 2.05) is 13.0 Å². The summed E-state index contributed by atoms with van der Waals surface area (Å²) in [6, 6.07) is 0. The van der Waals surface area contributed by atoms with Gasteiger partial charge in [0.15, 0.2) is 0 Å². The van der Waals surface area contributed by atoms with Crippen LogP contribution in [0.2, 0.25) is 0 Å². The van der Waals surface area contributed by atoms with Crippen LogP contribution in [-0.4, -0.2) is 6.21 Å². The molecule has 66 valence electrons. The Balaban J connectivity index is 2.97. The average Bonchev–Trinajstić information content (AvgIpc) is 2.07. The first kappa shape index (κ1) is 10.1. The van der Waals surface area contributed by atoms with Crippen LogP contribution >= 0.6 is 34.8 Å². The van der Waals surface area contributed by atoms with Crippen molar-refractivity contribution < 1.29 is 0 Å². The lowest BCUT2D eigenvalue weighted by atomic mass is 10.1. The van der Waals surface area contributed by atoms with Crippen molar-refractivity contribution in [2.24, 2.45) is 10.9 Å². The van der Waals surface area contributed by atoms with Crippen LogP contribution in [0.5, 0.6) is 0 Å². The maximum absolute atomic E-state index is 5.93. The molecule has 0 radical (unpaired) electrons. The number of hydrogen-bond donors (Lipinski definition) is 0. The van der Waals surface area contributed by atoms with E-state index in [4.69, 9.17) is 34.8 Å². The minimum Gasteiger partial charge on any atom is -0.243 e. The van der Waals surface area contributed by atoms with Gasteiger partial charge in [0.25, 0.3) is 0 Å². The van der Waals surface area contributed by atoms with Crippen LogP contribution in [0.15, 0.2) is 26.3 Å². The van der Waals surface area contributed by atoms with Gasteiger partial charge in [0.2, 0.25) is 0 Å². The number of hydrogen-bond acceptors (Lipinski definition) is 1. The van der Waals surface area contributed by atoms with Gasteiger partial charge in [-0.3, -0.25) is 0 Å². The van der Waals surface area contributed by atoms with E-state index in [0.29, 0.717) is 15.2 Å². The minimum atomic E-state index is 0.208. The second-order valence-corrected chi connectivity index (χ2v) is 3.82. The first-order valence-electron chi connectivity index (χ1n) is 3.56. The largest absolute Gasteiger partial charge is 0.243 e. The summed E-state index contributed by atoms with van der Waals surface area (Å²) in [5.74, 6) is 0.208. The van der Waals surface area contributed by atoms with Crippen molar-refractivity contribution in [1.29, 1.82) is 0 Å². The third-order valence-corrected chi connectivity index (χ3v) is 2.83. The molecule has 4 heteroatoms. The van der Waals surface area contributed by atoms with Crippen molar-refractivity contribution in [3.63, 3.8) is 0 Å². The van der Waals surface area contributed by atoms with Crippen LogP contribution in [0.4, 0.5) is 0 Å². The van der Waals surface area contributed by atoms with Crippen molar-refractivity contribution in [2.45, 2.75) is 13.3 Å². The molecule has 1 aliphatic rings. The molecule has 0 fully saturated rings. The van der Waals surface area contributed by atoms with Gasteiger partial charge in [0, 0.05) is 11.2 Å². The second kappa shape index (κ2) is 4.31. The molecule has 0 aromatic carbocycles. The van der Waals surface area contributed by atoms with E-state index in [1.165, 1.54) is 6.21 Å². The standard InChI is InChI=1S/C8H8Cl3N/c1-5-2-3-7(10)12-4-6(9)8(5)11/h3-5H,2H2,1H3/b7-3+,8-6?,12-4?. The van der Waals surface area contributed by atoms with Gasteiger partial charge >= 0.3 is 0 Å². The molecule has 0 saturated heterocycles. The summed E-state index contributed by atoms with van der Waals surface area (Å²) in [6.45, 7) is 1.99. The quantitative estimate of drug-likeness (QED) is 0.554.